The summed E-state index contributed by atoms with van der Waals surface area (Å²) < 4.78 is 84.0. The van der Waals surface area contributed by atoms with Crippen LogP contribution in [0.1, 0.15) is 69.3 Å². The number of urea groups is 1. The molecular weight excluding hydrogens is 1330 g/mol. The Morgan fingerprint density at radius 3 is 2.29 bits per heavy atom. The molecule has 0 bridgehead atoms. The van der Waals surface area contributed by atoms with E-state index in [4.69, 9.17) is 51.7 Å². The molecule has 24 nitrogen and oxygen atoms in total. The highest BCUT2D eigenvalue weighted by Crippen LogP contribution is 2.50. The number of carbonyl (C=O) groups is 5. The maximum atomic E-state index is 14.5. The molecule has 524 valence electrons. The second-order valence-electron chi connectivity index (χ2n) is 25.0. The molecule has 1 unspecified atom stereocenters. The van der Waals surface area contributed by atoms with E-state index >= 15 is 0 Å². The number of nitrogens with one attached hydrogen (secondary N) is 3. The molecule has 8 aromatic rings. The number of Topliss-reactive ketones (excluding diaryl/α,β-unsaturated/α-hetero) is 1. The lowest BCUT2D eigenvalue weighted by Crippen LogP contribution is -2.57. The summed E-state index contributed by atoms with van der Waals surface area (Å²) >= 11 is 8.58. The van der Waals surface area contributed by atoms with Crippen LogP contribution in [0.15, 0.2) is 127 Å². The number of halogens is 2. The summed E-state index contributed by atoms with van der Waals surface area (Å²) in [4.78, 5) is 87.8. The van der Waals surface area contributed by atoms with Gasteiger partial charge in [-0.15, -0.1) is 11.3 Å². The zero-order chi connectivity index (χ0) is 71.3. The number of amides is 4. The van der Waals surface area contributed by atoms with Crippen LogP contribution in [0.25, 0.3) is 43.2 Å². The average molecular weight is 1420 g/mol. The molecule has 7 N–H and O–H groups in total. The van der Waals surface area contributed by atoms with Gasteiger partial charge in [-0.1, -0.05) is 87.0 Å². The Kier molecular flexibility index (Phi) is 24.4. The Morgan fingerprint density at radius 2 is 1.61 bits per heavy atom. The van der Waals surface area contributed by atoms with Crippen LogP contribution in [0.3, 0.4) is 0 Å². The number of methoxy groups -OCH3 is 2. The van der Waals surface area contributed by atoms with Gasteiger partial charge in [0.25, 0.3) is 0 Å². The highest BCUT2D eigenvalue weighted by atomic mass is 35.5. The molecule has 4 amide bonds. The molecular formula is C71H81ClFN11O13S2. The summed E-state index contributed by atoms with van der Waals surface area (Å²) in [5.74, 6) is -1.30. The van der Waals surface area contributed by atoms with E-state index in [0.29, 0.717) is 114 Å². The predicted octanol–water partition coefficient (Wildman–Crippen LogP) is 9.42. The van der Waals surface area contributed by atoms with Gasteiger partial charge in [0.05, 0.1) is 67.0 Å². The molecule has 28 heteroatoms. The minimum absolute atomic E-state index is 0.00795. The number of carbonyl (C=O) groups excluding carboxylic acids is 5. The van der Waals surface area contributed by atoms with Crippen molar-refractivity contribution in [3.8, 4) is 56.1 Å². The van der Waals surface area contributed by atoms with Crippen molar-refractivity contribution < 1.29 is 69.5 Å². The molecule has 0 aliphatic carbocycles. The van der Waals surface area contributed by atoms with Crippen molar-refractivity contribution in [2.24, 2.45) is 22.8 Å². The number of piperazine rings is 1. The lowest BCUT2D eigenvalue weighted by Gasteiger charge is -2.42. The van der Waals surface area contributed by atoms with E-state index in [1.807, 2.05) is 62.5 Å². The monoisotopic (exact) mass is 1410 g/mol. The molecule has 0 spiro atoms. The molecule has 0 radical (unpaired) electrons. The van der Waals surface area contributed by atoms with Crippen LogP contribution in [-0.2, 0) is 53.6 Å². The minimum Gasteiger partial charge on any atom is -0.744 e. The normalized spacial score (nSPS) is 14.7. The molecule has 1 aliphatic rings. The quantitative estimate of drug-likeness (QED) is 0.00887. The highest BCUT2D eigenvalue weighted by molar-refractivity contribution is 7.85. The number of aromatic nitrogens is 4. The number of quaternary nitrogens is 1. The van der Waals surface area contributed by atoms with Crippen LogP contribution in [0.4, 0.5) is 14.9 Å². The van der Waals surface area contributed by atoms with Crippen LogP contribution in [0, 0.1) is 24.1 Å². The van der Waals surface area contributed by atoms with Crippen molar-refractivity contribution in [1.29, 1.82) is 0 Å². The Balaban J connectivity index is 0.875. The second kappa shape index (κ2) is 32.6. The van der Waals surface area contributed by atoms with Crippen LogP contribution >= 0.6 is 22.9 Å². The van der Waals surface area contributed by atoms with Gasteiger partial charge in [0.2, 0.25) is 23.8 Å². The van der Waals surface area contributed by atoms with E-state index in [0.717, 1.165) is 11.6 Å². The molecule has 4 heterocycles. The second-order valence-corrected chi connectivity index (χ2v) is 27.7. The van der Waals surface area contributed by atoms with Gasteiger partial charge >= 0.3 is 12.0 Å². The topological polar surface area (TPSA) is 332 Å². The maximum Gasteiger partial charge on any atom is 0.347 e. The fourth-order valence-corrected chi connectivity index (χ4v) is 13.8. The molecule has 1 saturated heterocycles. The van der Waals surface area contributed by atoms with Gasteiger partial charge < -0.3 is 60.1 Å². The zero-order valence-corrected chi connectivity index (χ0v) is 58.7. The molecule has 5 aromatic carbocycles. The minimum atomic E-state index is -5.08. The number of nitrogens with two attached hydrogens (primary N) is 2. The van der Waals surface area contributed by atoms with E-state index in [9.17, 15) is 41.3 Å². The Morgan fingerprint density at radius 1 is 0.889 bits per heavy atom. The van der Waals surface area contributed by atoms with Crippen LogP contribution < -0.4 is 46.4 Å². The first-order valence-electron chi connectivity index (χ1n) is 32.2. The van der Waals surface area contributed by atoms with Crippen molar-refractivity contribution in [3.05, 3.63) is 155 Å². The number of fused-ring (bicyclic) bond motifs is 1. The summed E-state index contributed by atoms with van der Waals surface area (Å²) in [5.41, 5.74) is 14.6. The van der Waals surface area contributed by atoms with E-state index in [-0.39, 0.29) is 75.0 Å². The van der Waals surface area contributed by atoms with Gasteiger partial charge in [0.15, 0.2) is 11.6 Å². The number of primary amides is 1. The maximum absolute atomic E-state index is 14.5. The summed E-state index contributed by atoms with van der Waals surface area (Å²) in [6.45, 7) is 11.9. The number of anilines is 1. The lowest BCUT2D eigenvalue weighted by molar-refractivity contribution is -0.926. The van der Waals surface area contributed by atoms with Crippen LogP contribution in [-0.4, -0.2) is 157 Å². The molecule has 99 heavy (non-hydrogen) atoms. The Hall–Kier alpha value is -9.22. The van der Waals surface area contributed by atoms with Crippen molar-refractivity contribution in [3.63, 3.8) is 0 Å². The molecule has 0 saturated carbocycles. The van der Waals surface area contributed by atoms with Crippen LogP contribution in [0.5, 0.6) is 23.1 Å². The molecule has 1 fully saturated rings. The van der Waals surface area contributed by atoms with Crippen molar-refractivity contribution in [2.75, 3.05) is 72.5 Å². The molecule has 9 rings (SSSR count). The van der Waals surface area contributed by atoms with Gasteiger partial charge in [-0.25, -0.2) is 42.3 Å². The van der Waals surface area contributed by atoms with Crippen molar-refractivity contribution in [2.45, 2.75) is 96.5 Å². The molecule has 4 atom stereocenters. The van der Waals surface area contributed by atoms with Gasteiger partial charge in [0, 0.05) is 60.5 Å². The summed E-state index contributed by atoms with van der Waals surface area (Å²) in [7, 11) is -0.260. The number of rotatable bonds is 31. The Bertz CT molecular complexity index is 4370. The Labute approximate surface area is 583 Å². The number of ketones is 1. The number of esters is 1. The van der Waals surface area contributed by atoms with Gasteiger partial charge in [0.1, 0.15) is 75.6 Å². The number of ether oxygens (including phenoxy) is 5. The highest BCUT2D eigenvalue weighted by Gasteiger charge is 2.44. The predicted molar refractivity (Wildman–Crippen MR) is 372 cm³/mol. The summed E-state index contributed by atoms with van der Waals surface area (Å²) in [5, 5.41) is 8.55. The van der Waals surface area contributed by atoms with E-state index in [1.54, 1.807) is 64.4 Å². The molecule has 1 aliphatic heterocycles. The van der Waals surface area contributed by atoms with Crippen molar-refractivity contribution in [1.82, 2.24) is 35.5 Å². The number of nitrogens with zero attached hydrogens (tertiary/aromatic N) is 6. The fourth-order valence-electron chi connectivity index (χ4n) is 11.7. The van der Waals surface area contributed by atoms with Crippen LogP contribution in [0.2, 0.25) is 5.02 Å². The number of para-hydroxylation sites is 2. The molecule has 3 aromatic heterocycles. The van der Waals surface area contributed by atoms with Gasteiger partial charge in [-0.2, -0.15) is 0 Å². The largest absolute Gasteiger partial charge is 0.744 e. The SMILES string of the molecule is CC[C@](C)(C(=O)N[C@@H](CCCNC(N)=O)C(=O)Nc1ccc(C[N+]2(C)CCN(CCOc3ccc(-c4c(-c5ccc(F)cc5)sc5ncnc(O[C@H](Cc6ccccc6OCc6ccnc(-c7ccccc7OC)n6)C(=O)OC)c45)c(C)c3Cl)CC2)c(S(=O)(=O)[O-])c1)C(=O)C(N)C(C)C. The smallest absolute Gasteiger partial charge is 0.347 e. The average Bonchev–Trinajstić information content (AvgIpc) is 1.61. The first-order valence-corrected chi connectivity index (χ1v) is 34.8. The number of thiophene rings is 1. The summed E-state index contributed by atoms with van der Waals surface area (Å²) in [6.07, 6.45) is 2.02. The third-order valence-electron chi connectivity index (χ3n) is 17.8. The first-order chi connectivity index (χ1) is 47.2. The third kappa shape index (κ3) is 18.0. The van der Waals surface area contributed by atoms with Gasteiger partial charge in [-0.3, -0.25) is 19.3 Å². The first kappa shape index (κ1) is 74.0. The number of benzene rings is 5. The zero-order valence-electron chi connectivity index (χ0n) is 56.3. The van der Waals surface area contributed by atoms with E-state index < -0.39 is 74.0 Å². The van der Waals surface area contributed by atoms with E-state index in [2.05, 4.69) is 35.8 Å². The number of hydrogen-bond acceptors (Lipinski definition) is 20. The standard InChI is InChI=1S/C71H81ClFN11O13S2/c1-9-71(5,63(85)61(74)42(2)3)69(88)82-52(17-14-29-77-70(75)89)65(86)81-48-25-22-46(57(38-48)99(90,91)92)39-84(6)34-31-83(32-35-84)33-36-95-55-27-26-50(43(4)60(55)72)58-59-66(78-41-79-67(59)98-62(58)44-20-23-47(73)24-21-44)97-56(68(87)94-8)37-45-15-10-12-18-53(45)96-40-49-28-30-76-64(80-49)51-16-11-13-19-54(51)93-7/h10-13,15-16,18-28,30,38,41-42,52,56,61H,9,14,17,29,31-37,39-40,74H2,1-8H3,(H5-,75,77,81,82,86,88,89,90,91,92)/t52-,56+,61?,71-/m0/s1. The third-order valence-corrected chi connectivity index (χ3v) is 20.3. The van der Waals surface area contributed by atoms with Crippen molar-refractivity contribution >= 4 is 78.6 Å². The van der Waals surface area contributed by atoms with E-state index in [1.165, 1.54) is 56.0 Å². The number of likely N-dealkylation sites (N-methyl/N-ethyl adjacent to an activating group) is 1. The summed E-state index contributed by atoms with van der Waals surface area (Å²) in [6, 6.07) is 27.2. The number of hydrogen-bond donors (Lipinski definition) is 5. The fraction of sp³-hybridized carbons (Fsp3) is 0.366. The lowest BCUT2D eigenvalue weighted by atomic mass is 9.76. The van der Waals surface area contributed by atoms with Gasteiger partial charge in [-0.05, 0) is 116 Å².